The monoisotopic (exact) mass is 227 g/mol. The van der Waals surface area contributed by atoms with Crippen molar-refractivity contribution in [3.8, 4) is 0 Å². The second-order valence-corrected chi connectivity index (χ2v) is 4.20. The lowest BCUT2D eigenvalue weighted by molar-refractivity contribution is 0.116. The van der Waals surface area contributed by atoms with Gasteiger partial charge in [-0.1, -0.05) is 18.9 Å². The Hall–Kier alpha value is -1.16. The summed E-state index contributed by atoms with van der Waals surface area (Å²) in [5.74, 6) is -1.74. The fourth-order valence-electron chi connectivity index (χ4n) is 2.09. The lowest BCUT2D eigenvalue weighted by Crippen LogP contribution is -2.36. The fourth-order valence-corrected chi connectivity index (χ4v) is 2.09. The van der Waals surface area contributed by atoms with E-state index < -0.39 is 17.7 Å². The minimum absolute atomic E-state index is 0.131. The van der Waals surface area contributed by atoms with Crippen LogP contribution in [0.4, 0.5) is 14.5 Å². The molecule has 0 unspecified atom stereocenters. The summed E-state index contributed by atoms with van der Waals surface area (Å²) in [6.07, 6.45) is 3.03. The first-order chi connectivity index (χ1) is 7.68. The molecule has 16 heavy (non-hydrogen) atoms. The standard InChI is InChI=1S/C12H15F2NO/c13-8-4-3-6-10(12(8)14)15-9-5-1-2-7-11(9)16/h3-4,6,9,11,15-16H,1-2,5,7H2/t9-,11+/m0/s1. The number of aliphatic hydroxyl groups excluding tert-OH is 1. The number of benzene rings is 1. The number of halogens is 2. The van der Waals surface area contributed by atoms with E-state index in [-0.39, 0.29) is 11.7 Å². The summed E-state index contributed by atoms with van der Waals surface area (Å²) in [6.45, 7) is 0. The number of nitrogens with one attached hydrogen (secondary N) is 1. The van der Waals surface area contributed by atoms with E-state index in [0.717, 1.165) is 25.3 Å². The van der Waals surface area contributed by atoms with Crippen LogP contribution in [0.5, 0.6) is 0 Å². The molecule has 1 aromatic carbocycles. The van der Waals surface area contributed by atoms with Crippen molar-refractivity contribution in [2.75, 3.05) is 5.32 Å². The lowest BCUT2D eigenvalue weighted by atomic mass is 9.92. The number of anilines is 1. The third-order valence-electron chi connectivity index (χ3n) is 3.02. The van der Waals surface area contributed by atoms with Crippen molar-refractivity contribution < 1.29 is 13.9 Å². The van der Waals surface area contributed by atoms with Crippen LogP contribution in [0.15, 0.2) is 18.2 Å². The molecule has 1 aliphatic carbocycles. The first-order valence-corrected chi connectivity index (χ1v) is 5.57. The van der Waals surface area contributed by atoms with E-state index in [9.17, 15) is 13.9 Å². The van der Waals surface area contributed by atoms with Crippen LogP contribution in [0.1, 0.15) is 25.7 Å². The van der Waals surface area contributed by atoms with Gasteiger partial charge in [0.1, 0.15) is 0 Å². The van der Waals surface area contributed by atoms with Gasteiger partial charge in [-0.15, -0.1) is 0 Å². The highest BCUT2D eigenvalue weighted by Crippen LogP contribution is 2.24. The zero-order valence-corrected chi connectivity index (χ0v) is 8.92. The van der Waals surface area contributed by atoms with Gasteiger partial charge in [-0.25, -0.2) is 8.78 Å². The molecule has 2 N–H and O–H groups in total. The molecule has 0 radical (unpaired) electrons. The molecular weight excluding hydrogens is 212 g/mol. The van der Waals surface area contributed by atoms with E-state index in [2.05, 4.69) is 5.32 Å². The third-order valence-corrected chi connectivity index (χ3v) is 3.02. The van der Waals surface area contributed by atoms with Crippen LogP contribution in [-0.4, -0.2) is 17.3 Å². The molecule has 1 aromatic rings. The summed E-state index contributed by atoms with van der Waals surface area (Å²) in [5.41, 5.74) is 0.131. The van der Waals surface area contributed by atoms with Crippen molar-refractivity contribution in [3.63, 3.8) is 0 Å². The van der Waals surface area contributed by atoms with Crippen LogP contribution in [0, 0.1) is 11.6 Å². The van der Waals surface area contributed by atoms with E-state index >= 15 is 0 Å². The van der Waals surface area contributed by atoms with E-state index in [4.69, 9.17) is 0 Å². The summed E-state index contributed by atoms with van der Waals surface area (Å²) < 4.78 is 26.3. The van der Waals surface area contributed by atoms with Crippen LogP contribution in [0.2, 0.25) is 0 Å². The minimum atomic E-state index is -0.875. The maximum atomic E-state index is 13.4. The van der Waals surface area contributed by atoms with Gasteiger partial charge in [0.15, 0.2) is 11.6 Å². The highest BCUT2D eigenvalue weighted by Gasteiger charge is 2.23. The smallest absolute Gasteiger partial charge is 0.181 e. The number of hydrogen-bond donors (Lipinski definition) is 2. The summed E-state index contributed by atoms with van der Waals surface area (Å²) in [6, 6.07) is 3.85. The summed E-state index contributed by atoms with van der Waals surface area (Å²) in [7, 11) is 0. The van der Waals surface area contributed by atoms with Crippen LogP contribution < -0.4 is 5.32 Å². The maximum absolute atomic E-state index is 13.4. The molecule has 4 heteroatoms. The molecule has 0 amide bonds. The second kappa shape index (κ2) is 4.78. The average Bonchev–Trinajstić information content (AvgIpc) is 2.28. The first kappa shape index (κ1) is 11.3. The van der Waals surface area contributed by atoms with E-state index in [1.165, 1.54) is 12.1 Å². The number of aliphatic hydroxyl groups is 1. The van der Waals surface area contributed by atoms with Gasteiger partial charge >= 0.3 is 0 Å². The molecule has 0 spiro atoms. The van der Waals surface area contributed by atoms with E-state index in [1.54, 1.807) is 0 Å². The maximum Gasteiger partial charge on any atom is 0.181 e. The number of hydrogen-bond acceptors (Lipinski definition) is 2. The predicted octanol–water partition coefficient (Wildman–Crippen LogP) is 2.68. The molecule has 2 atom stereocenters. The van der Waals surface area contributed by atoms with E-state index in [1.807, 2.05) is 0 Å². The summed E-state index contributed by atoms with van der Waals surface area (Å²) >= 11 is 0. The Balaban J connectivity index is 2.10. The molecule has 0 heterocycles. The quantitative estimate of drug-likeness (QED) is 0.814. The second-order valence-electron chi connectivity index (χ2n) is 4.20. The van der Waals surface area contributed by atoms with Gasteiger partial charge in [0.05, 0.1) is 17.8 Å². The largest absolute Gasteiger partial charge is 0.391 e. The Bertz CT molecular complexity index is 370. The molecule has 1 fully saturated rings. The average molecular weight is 227 g/mol. The molecular formula is C12H15F2NO. The van der Waals surface area contributed by atoms with Gasteiger partial charge in [0, 0.05) is 0 Å². The van der Waals surface area contributed by atoms with Crippen molar-refractivity contribution in [1.82, 2.24) is 0 Å². The van der Waals surface area contributed by atoms with Crippen LogP contribution in [0.25, 0.3) is 0 Å². The molecule has 1 saturated carbocycles. The van der Waals surface area contributed by atoms with Crippen molar-refractivity contribution in [3.05, 3.63) is 29.8 Å². The number of rotatable bonds is 2. The molecule has 1 aliphatic rings. The van der Waals surface area contributed by atoms with E-state index in [0.29, 0.717) is 6.42 Å². The lowest BCUT2D eigenvalue weighted by Gasteiger charge is -2.29. The Kier molecular flexibility index (Phi) is 3.39. The zero-order chi connectivity index (χ0) is 11.5. The van der Waals surface area contributed by atoms with Gasteiger partial charge in [0.2, 0.25) is 0 Å². The highest BCUT2D eigenvalue weighted by atomic mass is 19.2. The summed E-state index contributed by atoms with van der Waals surface area (Å²) in [4.78, 5) is 0. The van der Waals surface area contributed by atoms with Gasteiger partial charge in [-0.05, 0) is 25.0 Å². The van der Waals surface area contributed by atoms with Crippen molar-refractivity contribution in [2.45, 2.75) is 37.8 Å². The Morgan fingerprint density at radius 1 is 1.19 bits per heavy atom. The van der Waals surface area contributed by atoms with Gasteiger partial charge < -0.3 is 10.4 Å². The first-order valence-electron chi connectivity index (χ1n) is 5.57. The normalized spacial score (nSPS) is 25.4. The van der Waals surface area contributed by atoms with Crippen LogP contribution in [0.3, 0.4) is 0 Å². The van der Waals surface area contributed by atoms with Gasteiger partial charge in [0.25, 0.3) is 0 Å². The Morgan fingerprint density at radius 2 is 1.94 bits per heavy atom. The minimum Gasteiger partial charge on any atom is -0.391 e. The fraction of sp³-hybridized carbons (Fsp3) is 0.500. The molecule has 0 bridgehead atoms. The van der Waals surface area contributed by atoms with Gasteiger partial charge in [-0.3, -0.25) is 0 Å². The Labute approximate surface area is 93.3 Å². The SMILES string of the molecule is O[C@@H]1CCCC[C@@H]1Nc1cccc(F)c1F. The summed E-state index contributed by atoms with van der Waals surface area (Å²) in [5, 5.41) is 12.6. The van der Waals surface area contributed by atoms with Crippen molar-refractivity contribution >= 4 is 5.69 Å². The van der Waals surface area contributed by atoms with Crippen molar-refractivity contribution in [1.29, 1.82) is 0 Å². The molecule has 2 rings (SSSR count). The highest BCUT2D eigenvalue weighted by molar-refractivity contribution is 5.46. The van der Waals surface area contributed by atoms with Crippen LogP contribution >= 0.6 is 0 Å². The molecule has 0 aliphatic heterocycles. The van der Waals surface area contributed by atoms with Gasteiger partial charge in [-0.2, -0.15) is 0 Å². The van der Waals surface area contributed by atoms with Crippen molar-refractivity contribution in [2.24, 2.45) is 0 Å². The third kappa shape index (κ3) is 2.32. The molecule has 2 nitrogen and oxygen atoms in total. The Morgan fingerprint density at radius 3 is 2.69 bits per heavy atom. The van der Waals surface area contributed by atoms with Crippen LogP contribution in [-0.2, 0) is 0 Å². The predicted molar refractivity (Wildman–Crippen MR) is 58.2 cm³/mol. The molecule has 88 valence electrons. The molecule has 0 aromatic heterocycles. The topological polar surface area (TPSA) is 32.3 Å². The zero-order valence-electron chi connectivity index (χ0n) is 8.92. The molecule has 0 saturated heterocycles.